The highest BCUT2D eigenvalue weighted by Crippen LogP contribution is 2.51. The van der Waals surface area contributed by atoms with Crippen LogP contribution in [0.3, 0.4) is 0 Å². The standard InChI is InChI=1S/C16H24O2/c1-14(2,3)11-12-16(17-18-16)15(4,5)13-9-7-6-8-10-13/h6-10H,11-12H2,1-5H3. The van der Waals surface area contributed by atoms with Crippen molar-refractivity contribution in [3.63, 3.8) is 0 Å². The van der Waals surface area contributed by atoms with E-state index in [1.54, 1.807) is 0 Å². The minimum Gasteiger partial charge on any atom is -0.194 e. The van der Waals surface area contributed by atoms with Crippen molar-refractivity contribution in [2.24, 2.45) is 5.41 Å². The van der Waals surface area contributed by atoms with E-state index in [0.717, 1.165) is 12.8 Å². The third-order valence-electron chi connectivity index (χ3n) is 3.94. The van der Waals surface area contributed by atoms with Gasteiger partial charge in [-0.3, -0.25) is 0 Å². The molecule has 1 heterocycles. The first-order valence-corrected chi connectivity index (χ1v) is 6.69. The second kappa shape index (κ2) is 4.36. The first-order chi connectivity index (χ1) is 8.27. The van der Waals surface area contributed by atoms with Crippen LogP contribution in [0.15, 0.2) is 30.3 Å². The van der Waals surface area contributed by atoms with Gasteiger partial charge in [-0.2, -0.15) is 9.78 Å². The molecule has 0 radical (unpaired) electrons. The summed E-state index contributed by atoms with van der Waals surface area (Å²) in [5.74, 6) is -0.443. The third-order valence-corrected chi connectivity index (χ3v) is 3.94. The van der Waals surface area contributed by atoms with Crippen molar-refractivity contribution in [1.29, 1.82) is 0 Å². The molecule has 2 nitrogen and oxygen atoms in total. The van der Waals surface area contributed by atoms with E-state index in [2.05, 4.69) is 58.9 Å². The minimum absolute atomic E-state index is 0.125. The van der Waals surface area contributed by atoms with Crippen LogP contribution in [-0.4, -0.2) is 5.79 Å². The molecule has 1 fully saturated rings. The summed E-state index contributed by atoms with van der Waals surface area (Å²) < 4.78 is 0. The average molecular weight is 248 g/mol. The van der Waals surface area contributed by atoms with Gasteiger partial charge >= 0.3 is 0 Å². The van der Waals surface area contributed by atoms with Crippen LogP contribution in [0.5, 0.6) is 0 Å². The maximum atomic E-state index is 5.41. The molecule has 100 valence electrons. The molecule has 1 aliphatic heterocycles. The van der Waals surface area contributed by atoms with Crippen LogP contribution in [-0.2, 0) is 15.2 Å². The largest absolute Gasteiger partial charge is 0.243 e. The maximum absolute atomic E-state index is 5.41. The van der Waals surface area contributed by atoms with Gasteiger partial charge in [-0.05, 0) is 17.4 Å². The molecule has 0 saturated carbocycles. The lowest BCUT2D eigenvalue weighted by atomic mass is 9.74. The number of rotatable bonds is 4. The third kappa shape index (κ3) is 2.60. The van der Waals surface area contributed by atoms with Crippen molar-refractivity contribution in [2.45, 2.75) is 58.7 Å². The van der Waals surface area contributed by atoms with Gasteiger partial charge in [0.2, 0.25) is 5.79 Å². The monoisotopic (exact) mass is 248 g/mol. The predicted octanol–water partition coefficient (Wildman–Crippen LogP) is 4.45. The Hall–Kier alpha value is -0.860. The van der Waals surface area contributed by atoms with Crippen molar-refractivity contribution in [3.8, 4) is 0 Å². The first-order valence-electron chi connectivity index (χ1n) is 6.69. The van der Waals surface area contributed by atoms with Gasteiger partial charge in [-0.15, -0.1) is 0 Å². The van der Waals surface area contributed by atoms with E-state index < -0.39 is 5.79 Å². The Morgan fingerprint density at radius 1 is 0.944 bits per heavy atom. The predicted molar refractivity (Wildman–Crippen MR) is 73.1 cm³/mol. The number of hydrogen-bond donors (Lipinski definition) is 0. The zero-order chi connectivity index (χ0) is 13.4. The molecule has 1 aromatic carbocycles. The molecule has 0 atom stereocenters. The zero-order valence-electron chi connectivity index (χ0n) is 12.1. The Bertz CT molecular complexity index is 397. The first kappa shape index (κ1) is 13.6. The molecule has 18 heavy (non-hydrogen) atoms. The number of benzene rings is 1. The lowest BCUT2D eigenvalue weighted by molar-refractivity contribution is 0.0850. The summed E-state index contributed by atoms with van der Waals surface area (Å²) in [6.45, 7) is 11.1. The van der Waals surface area contributed by atoms with Gasteiger partial charge in [0.15, 0.2) is 0 Å². The van der Waals surface area contributed by atoms with Crippen LogP contribution in [0.1, 0.15) is 53.0 Å². The Kier molecular flexibility index (Phi) is 3.28. The van der Waals surface area contributed by atoms with E-state index in [1.807, 2.05) is 6.07 Å². The Balaban J connectivity index is 2.15. The van der Waals surface area contributed by atoms with Crippen LogP contribution < -0.4 is 0 Å². The summed E-state index contributed by atoms with van der Waals surface area (Å²) in [4.78, 5) is 10.8. The van der Waals surface area contributed by atoms with Crippen molar-refractivity contribution in [3.05, 3.63) is 35.9 Å². The van der Waals surface area contributed by atoms with Gasteiger partial charge in [-0.1, -0.05) is 65.0 Å². The van der Waals surface area contributed by atoms with Gasteiger partial charge in [-0.25, -0.2) is 0 Å². The summed E-state index contributed by atoms with van der Waals surface area (Å²) in [5.41, 5.74) is 1.44. The smallest absolute Gasteiger partial charge is 0.194 e. The highest BCUT2D eigenvalue weighted by molar-refractivity contribution is 5.27. The fourth-order valence-corrected chi connectivity index (χ4v) is 2.27. The van der Waals surface area contributed by atoms with Crippen LogP contribution in [0.4, 0.5) is 0 Å². The van der Waals surface area contributed by atoms with E-state index in [-0.39, 0.29) is 5.41 Å². The molecule has 0 unspecified atom stereocenters. The normalized spacial score (nSPS) is 18.7. The molecular weight excluding hydrogens is 224 g/mol. The van der Waals surface area contributed by atoms with Crippen molar-refractivity contribution < 1.29 is 9.78 Å². The van der Waals surface area contributed by atoms with Crippen molar-refractivity contribution >= 4 is 0 Å². The molecule has 0 aromatic heterocycles. The van der Waals surface area contributed by atoms with Crippen LogP contribution in [0, 0.1) is 5.41 Å². The van der Waals surface area contributed by atoms with Crippen molar-refractivity contribution in [2.75, 3.05) is 0 Å². The fraction of sp³-hybridized carbons (Fsp3) is 0.625. The van der Waals surface area contributed by atoms with E-state index in [0.29, 0.717) is 5.41 Å². The number of hydrogen-bond acceptors (Lipinski definition) is 2. The molecule has 1 aromatic rings. The summed E-state index contributed by atoms with van der Waals surface area (Å²) >= 11 is 0. The summed E-state index contributed by atoms with van der Waals surface area (Å²) in [5, 5.41) is 0. The van der Waals surface area contributed by atoms with Gasteiger partial charge in [0.25, 0.3) is 0 Å². The summed E-state index contributed by atoms with van der Waals surface area (Å²) in [7, 11) is 0. The second-order valence-electron chi connectivity index (χ2n) is 6.97. The van der Waals surface area contributed by atoms with E-state index in [1.165, 1.54) is 5.56 Å². The summed E-state index contributed by atoms with van der Waals surface area (Å²) in [6.07, 6.45) is 2.02. The molecule has 1 aliphatic rings. The molecule has 2 rings (SSSR count). The average Bonchev–Trinajstić information content (AvgIpc) is 3.08. The maximum Gasteiger partial charge on any atom is 0.243 e. The zero-order valence-corrected chi connectivity index (χ0v) is 12.1. The molecule has 2 heteroatoms. The Morgan fingerprint density at radius 3 is 1.94 bits per heavy atom. The molecule has 0 aliphatic carbocycles. The molecular formula is C16H24O2. The fourth-order valence-electron chi connectivity index (χ4n) is 2.27. The molecule has 0 N–H and O–H groups in total. The molecule has 0 bridgehead atoms. The van der Waals surface area contributed by atoms with Crippen LogP contribution in [0.25, 0.3) is 0 Å². The van der Waals surface area contributed by atoms with E-state index in [9.17, 15) is 0 Å². The van der Waals surface area contributed by atoms with Gasteiger partial charge < -0.3 is 0 Å². The molecule has 1 saturated heterocycles. The highest BCUT2D eigenvalue weighted by Gasteiger charge is 2.61. The van der Waals surface area contributed by atoms with Gasteiger partial charge in [0, 0.05) is 11.8 Å². The minimum atomic E-state index is -0.443. The Labute approximate surface area is 110 Å². The quantitative estimate of drug-likeness (QED) is 0.581. The van der Waals surface area contributed by atoms with Gasteiger partial charge in [0.1, 0.15) is 0 Å². The lowest BCUT2D eigenvalue weighted by Crippen LogP contribution is -2.37. The second-order valence-corrected chi connectivity index (χ2v) is 6.97. The molecule has 0 amide bonds. The van der Waals surface area contributed by atoms with Crippen LogP contribution >= 0.6 is 0 Å². The topological polar surface area (TPSA) is 25.1 Å². The molecule has 0 spiro atoms. The van der Waals surface area contributed by atoms with Crippen LogP contribution in [0.2, 0.25) is 0 Å². The van der Waals surface area contributed by atoms with E-state index >= 15 is 0 Å². The van der Waals surface area contributed by atoms with Gasteiger partial charge in [0.05, 0.1) is 0 Å². The SMILES string of the molecule is CC(C)(C)CCC1(C(C)(C)c2ccccc2)OO1. The highest BCUT2D eigenvalue weighted by atomic mass is 17.4. The Morgan fingerprint density at radius 2 is 1.50 bits per heavy atom. The van der Waals surface area contributed by atoms with E-state index in [4.69, 9.17) is 9.78 Å². The van der Waals surface area contributed by atoms with Crippen molar-refractivity contribution in [1.82, 2.24) is 0 Å². The lowest BCUT2D eigenvalue weighted by Gasteiger charge is -2.30. The summed E-state index contributed by atoms with van der Waals surface area (Å²) in [6, 6.07) is 10.5.